The Hall–Kier alpha value is -7.98. The number of ether oxygens (including phenoxy) is 6. The highest BCUT2D eigenvalue weighted by molar-refractivity contribution is 5.91. The molecule has 478 valence electrons. The third-order valence-electron chi connectivity index (χ3n) is 16.6. The third-order valence-corrected chi connectivity index (χ3v) is 16.6. The number of carbonyl (C=O) groups excluding carboxylic acids is 2. The lowest BCUT2D eigenvalue weighted by molar-refractivity contribution is 0.0438. The van der Waals surface area contributed by atoms with E-state index in [0.717, 1.165) is 144 Å². The molecule has 0 N–H and O–H groups in total. The lowest BCUT2D eigenvalue weighted by Crippen LogP contribution is -2.11. The highest BCUT2D eigenvalue weighted by Crippen LogP contribution is 2.28. The molecule has 0 saturated carbocycles. The topological polar surface area (TPSA) is 114 Å². The van der Waals surface area contributed by atoms with E-state index in [4.69, 9.17) is 38.4 Å². The average molecular weight is 1220 g/mol. The van der Waals surface area contributed by atoms with Gasteiger partial charge in [-0.05, 0) is 205 Å². The Morgan fingerprint density at radius 2 is 0.656 bits per heavy atom. The number of rotatable bonds is 42. The van der Waals surface area contributed by atoms with E-state index in [0.29, 0.717) is 36.2 Å². The Balaban J connectivity index is 0.652. The van der Waals surface area contributed by atoms with Crippen LogP contribution in [0.1, 0.15) is 199 Å². The van der Waals surface area contributed by atoms with Crippen LogP contribution in [0.5, 0.6) is 23.0 Å². The van der Waals surface area contributed by atoms with Gasteiger partial charge in [0.2, 0.25) is 0 Å². The van der Waals surface area contributed by atoms with Crippen LogP contribution in [-0.2, 0) is 9.47 Å². The van der Waals surface area contributed by atoms with Gasteiger partial charge in [0.25, 0.3) is 0 Å². The Labute approximate surface area is 538 Å². The SMILES string of the molecule is CCC(C)COC(=O)c1ccc(-c2ccc(OCCCCCCCCCCCOc3ccc(C=Nc4ccc(N=Cc5ccc(OCCCCCCCCCCCOc6ccc(-c7ccc(C(=O)OCC(C)CC)cc7)cc6)c(C)c5)cc4)cc3C)cc2)cc1. The van der Waals surface area contributed by atoms with Crippen molar-refractivity contribution in [3.05, 3.63) is 191 Å². The summed E-state index contributed by atoms with van der Waals surface area (Å²) in [6.45, 7) is 16.4. The van der Waals surface area contributed by atoms with Gasteiger partial charge in [-0.25, -0.2) is 9.59 Å². The first-order valence-corrected chi connectivity index (χ1v) is 33.7. The normalized spacial score (nSPS) is 12.1. The highest BCUT2D eigenvalue weighted by atomic mass is 16.5. The van der Waals surface area contributed by atoms with Crippen molar-refractivity contribution in [1.29, 1.82) is 0 Å². The van der Waals surface area contributed by atoms with Gasteiger partial charge in [-0.2, -0.15) is 0 Å². The number of hydrogen-bond donors (Lipinski definition) is 0. The van der Waals surface area contributed by atoms with E-state index >= 15 is 0 Å². The molecule has 0 heterocycles. The molecule has 7 aromatic rings. The zero-order valence-corrected chi connectivity index (χ0v) is 54.9. The standard InChI is InChI=1S/C80H100N2O8/c1-7-61(3)59-89-79(83)71-33-29-67(30-34-71)69-37-45-75(46-38-69)85-51-23-19-15-11-9-13-17-21-25-53-87-77-49-27-65(55-63(77)5)57-81-73-41-43-74(44-42-73)82-58-66-28-50-78(64(6)56-66)88-54-26-22-18-14-10-12-16-20-24-52-86-76-47-39-70(40-48-76)68-31-35-72(36-32-68)80(84)90-60-62(4)8-2/h27-50,55-58,61-62H,7-26,51-54,59-60H2,1-6H3. The summed E-state index contributed by atoms with van der Waals surface area (Å²) in [6, 6.07) is 52.1. The van der Waals surface area contributed by atoms with Crippen molar-refractivity contribution >= 4 is 35.7 Å². The second-order valence-corrected chi connectivity index (χ2v) is 24.3. The predicted molar refractivity (Wildman–Crippen MR) is 372 cm³/mol. The highest BCUT2D eigenvalue weighted by Gasteiger charge is 2.13. The molecule has 0 aromatic heterocycles. The first-order chi connectivity index (χ1) is 44.0. The molecule has 10 nitrogen and oxygen atoms in total. The van der Waals surface area contributed by atoms with Crippen LogP contribution in [0.4, 0.5) is 11.4 Å². The van der Waals surface area contributed by atoms with Crippen molar-refractivity contribution in [2.45, 2.75) is 170 Å². The summed E-state index contributed by atoms with van der Waals surface area (Å²) in [7, 11) is 0. The molecule has 7 rings (SSSR count). The Morgan fingerprint density at radius 1 is 0.367 bits per heavy atom. The van der Waals surface area contributed by atoms with Crippen molar-refractivity contribution in [3.63, 3.8) is 0 Å². The van der Waals surface area contributed by atoms with E-state index in [1.54, 1.807) is 0 Å². The third kappa shape index (κ3) is 25.5. The van der Waals surface area contributed by atoms with E-state index in [2.05, 4.69) is 102 Å². The van der Waals surface area contributed by atoms with Crippen molar-refractivity contribution in [3.8, 4) is 45.3 Å². The van der Waals surface area contributed by atoms with Crippen LogP contribution in [0.3, 0.4) is 0 Å². The second kappa shape index (κ2) is 39.9. The number of aryl methyl sites for hydroxylation is 2. The van der Waals surface area contributed by atoms with Crippen LogP contribution in [0.2, 0.25) is 0 Å². The molecule has 0 amide bonds. The molecule has 0 spiro atoms. The van der Waals surface area contributed by atoms with E-state index < -0.39 is 0 Å². The molecule has 0 bridgehead atoms. The maximum Gasteiger partial charge on any atom is 0.338 e. The summed E-state index contributed by atoms with van der Waals surface area (Å²) in [4.78, 5) is 34.2. The smallest absolute Gasteiger partial charge is 0.338 e. The summed E-state index contributed by atoms with van der Waals surface area (Å²) in [6.07, 6.45) is 27.4. The van der Waals surface area contributed by atoms with Crippen LogP contribution < -0.4 is 18.9 Å². The van der Waals surface area contributed by atoms with Crippen molar-refractivity contribution in [2.75, 3.05) is 39.6 Å². The first kappa shape index (κ1) is 69.5. The minimum atomic E-state index is -0.267. The van der Waals surface area contributed by atoms with Gasteiger partial charge in [0.15, 0.2) is 0 Å². The molecular weight excluding hydrogens is 1120 g/mol. The molecule has 2 unspecified atom stereocenters. The van der Waals surface area contributed by atoms with Gasteiger partial charge >= 0.3 is 11.9 Å². The maximum atomic E-state index is 12.4. The number of nitrogens with zero attached hydrogens (tertiary/aromatic N) is 2. The zero-order chi connectivity index (χ0) is 63.4. The molecule has 10 heteroatoms. The molecule has 90 heavy (non-hydrogen) atoms. The molecule has 0 fully saturated rings. The fourth-order valence-corrected chi connectivity index (χ4v) is 10.3. The molecule has 7 aromatic carbocycles. The Kier molecular flexibility index (Phi) is 30.8. The average Bonchev–Trinajstić information content (AvgIpc) is 2.84. The maximum absolute atomic E-state index is 12.4. The van der Waals surface area contributed by atoms with Gasteiger partial charge in [0.05, 0.1) is 62.1 Å². The summed E-state index contributed by atoms with van der Waals surface area (Å²) in [5.41, 5.74) is 11.5. The van der Waals surface area contributed by atoms with Crippen LogP contribution in [0.15, 0.2) is 168 Å². The fraction of sp³-hybridized carbons (Fsp3) is 0.425. The summed E-state index contributed by atoms with van der Waals surface area (Å²) in [5.74, 6) is 3.84. The van der Waals surface area contributed by atoms with Gasteiger partial charge in [-0.1, -0.05) is 179 Å². The summed E-state index contributed by atoms with van der Waals surface area (Å²) < 4.78 is 35.3. The monoisotopic (exact) mass is 1220 g/mol. The predicted octanol–water partition coefficient (Wildman–Crippen LogP) is 21.5. The minimum Gasteiger partial charge on any atom is -0.494 e. The lowest BCUT2D eigenvalue weighted by atomic mass is 10.0. The minimum absolute atomic E-state index is 0.267. The zero-order valence-electron chi connectivity index (χ0n) is 54.9. The van der Waals surface area contributed by atoms with Crippen LogP contribution >= 0.6 is 0 Å². The molecule has 2 atom stereocenters. The lowest BCUT2D eigenvalue weighted by Gasteiger charge is -2.10. The molecule has 0 saturated heterocycles. The van der Waals surface area contributed by atoms with E-state index in [1.165, 1.54) is 89.9 Å². The summed E-state index contributed by atoms with van der Waals surface area (Å²) in [5, 5.41) is 0. The molecule has 0 aliphatic carbocycles. The summed E-state index contributed by atoms with van der Waals surface area (Å²) >= 11 is 0. The van der Waals surface area contributed by atoms with Gasteiger partial charge in [0.1, 0.15) is 23.0 Å². The van der Waals surface area contributed by atoms with Crippen LogP contribution in [0, 0.1) is 25.7 Å². The fourth-order valence-electron chi connectivity index (χ4n) is 10.3. The van der Waals surface area contributed by atoms with Crippen LogP contribution in [0.25, 0.3) is 22.3 Å². The Bertz CT molecular complexity index is 3010. The van der Waals surface area contributed by atoms with Crippen molar-refractivity contribution in [2.24, 2.45) is 21.8 Å². The molecule has 0 aliphatic rings. The molecular formula is C80H100N2O8. The second-order valence-electron chi connectivity index (χ2n) is 24.3. The van der Waals surface area contributed by atoms with Crippen molar-refractivity contribution < 1.29 is 38.0 Å². The van der Waals surface area contributed by atoms with Crippen LogP contribution in [-0.4, -0.2) is 64.0 Å². The number of esters is 2. The van der Waals surface area contributed by atoms with Gasteiger partial charge < -0.3 is 28.4 Å². The Morgan fingerprint density at radius 3 is 0.956 bits per heavy atom. The van der Waals surface area contributed by atoms with Gasteiger partial charge in [-0.15, -0.1) is 0 Å². The first-order valence-electron chi connectivity index (χ1n) is 33.7. The van der Waals surface area contributed by atoms with E-state index in [-0.39, 0.29) is 11.9 Å². The number of hydrogen-bond acceptors (Lipinski definition) is 10. The number of carbonyl (C=O) groups is 2. The quantitative estimate of drug-likeness (QED) is 0.0211. The number of unbranched alkanes of at least 4 members (excludes halogenated alkanes) is 16. The van der Waals surface area contributed by atoms with Gasteiger partial charge in [-0.3, -0.25) is 9.98 Å². The number of aliphatic imine (C=N–C) groups is 2. The molecule has 0 radical (unpaired) electrons. The van der Waals surface area contributed by atoms with Crippen molar-refractivity contribution in [1.82, 2.24) is 0 Å². The largest absolute Gasteiger partial charge is 0.494 e. The van der Waals surface area contributed by atoms with Gasteiger partial charge in [0, 0.05) is 12.4 Å². The molecule has 0 aliphatic heterocycles. The van der Waals surface area contributed by atoms with E-state index in [1.807, 2.05) is 109 Å². The number of benzene rings is 7. The van der Waals surface area contributed by atoms with E-state index in [9.17, 15) is 9.59 Å².